The van der Waals surface area contributed by atoms with Gasteiger partial charge < -0.3 is 60.3 Å². The Kier molecular flexibility index (Phi) is 25.8. The van der Waals surface area contributed by atoms with Crippen molar-refractivity contribution in [1.29, 1.82) is 0 Å². The van der Waals surface area contributed by atoms with Gasteiger partial charge in [-0.2, -0.15) is 4.98 Å². The van der Waals surface area contributed by atoms with Crippen molar-refractivity contribution in [3.63, 3.8) is 0 Å². The topological polar surface area (TPSA) is 418 Å². The molecule has 0 bridgehead atoms. The maximum absolute atomic E-state index is 13.7. The number of benzene rings is 3. The number of nitrogens with two attached hydrogens (primary N) is 2. The number of phosphoric acid groups is 1. The average Bonchev–Trinajstić information content (AvgIpc) is 1.74. The monoisotopic (exact) mass is 1870 g/mol. The van der Waals surface area contributed by atoms with Crippen LogP contribution in [0.4, 0.5) is 16.6 Å². The number of fused-ring (bicyclic) bond motifs is 4. The van der Waals surface area contributed by atoms with Crippen LogP contribution in [0.3, 0.4) is 0 Å². The van der Waals surface area contributed by atoms with Crippen molar-refractivity contribution in [3.05, 3.63) is 121 Å². The number of aromatic amines is 1. The van der Waals surface area contributed by atoms with E-state index in [4.69, 9.17) is 89.0 Å². The summed E-state index contributed by atoms with van der Waals surface area (Å²) >= 11 is 18.4. The number of nitrogens with one attached hydrogen (secondary N) is 2. The van der Waals surface area contributed by atoms with Gasteiger partial charge in [-0.3, -0.25) is 52.5 Å². The van der Waals surface area contributed by atoms with Gasteiger partial charge in [-0.05, 0) is 119 Å². The molecule has 1 aliphatic carbocycles. The molecule has 0 saturated carbocycles. The number of aliphatic carboxylic acids is 3. The maximum atomic E-state index is 13.7. The molecule has 3 aliphatic rings. The van der Waals surface area contributed by atoms with Gasteiger partial charge >= 0.3 is 59.7 Å². The molecule has 0 spiro atoms. The van der Waals surface area contributed by atoms with Gasteiger partial charge in [-0.25, -0.2) is 18.9 Å². The normalized spacial score (nSPS) is 15.1. The summed E-state index contributed by atoms with van der Waals surface area (Å²) in [6, 6.07) is 20.6. The number of carboxylic acid groups (broad SMARTS) is 3. The summed E-state index contributed by atoms with van der Waals surface area (Å²) in [7, 11) is -4.16. The number of aryl methyl sites for hydroxylation is 1. The Balaban J connectivity index is 0.000000418. The van der Waals surface area contributed by atoms with Gasteiger partial charge in [-0.1, -0.05) is 54.6 Å². The van der Waals surface area contributed by atoms with Crippen molar-refractivity contribution < 1.29 is 100 Å². The second kappa shape index (κ2) is 32.6. The van der Waals surface area contributed by atoms with E-state index in [1.807, 2.05) is 36.4 Å². The van der Waals surface area contributed by atoms with Crippen molar-refractivity contribution >= 4 is 131 Å². The number of anilines is 2. The number of thiophene rings is 1. The van der Waals surface area contributed by atoms with Crippen molar-refractivity contribution in [3.8, 4) is 16.9 Å². The van der Waals surface area contributed by atoms with E-state index < -0.39 is 121 Å². The number of hydrogen-bond acceptors (Lipinski definition) is 24. The van der Waals surface area contributed by atoms with Crippen LogP contribution >= 0.6 is 65.7 Å². The molecule has 0 radical (unpaired) electrons. The number of thioether (sulfide) groups is 1. The molecule has 2 aromatic heterocycles. The number of carbonyl (C=O) groups is 9. The van der Waals surface area contributed by atoms with Gasteiger partial charge in [0.2, 0.25) is 12.7 Å². The molecule has 3 unspecified atom stereocenters. The first-order valence-electron chi connectivity index (χ1n) is 26.8. The van der Waals surface area contributed by atoms with Crippen LogP contribution in [0.1, 0.15) is 98.9 Å². The zero-order chi connectivity index (χ0) is 64.6. The third kappa shape index (κ3) is 20.6. The molecule has 36 heteroatoms. The molecule has 3 atom stereocenters. The number of esters is 4. The van der Waals surface area contributed by atoms with Gasteiger partial charge in [-0.15, -0.1) is 23.1 Å². The summed E-state index contributed by atoms with van der Waals surface area (Å²) in [5.41, 5.74) is 15.3. The van der Waals surface area contributed by atoms with Crippen LogP contribution in [-0.2, 0) is 79.1 Å². The first-order valence-corrected chi connectivity index (χ1v) is 31.1. The molecule has 9 N–H and O–H groups in total. The molecular weight excluding hydrogens is 1810 g/mol. The quantitative estimate of drug-likeness (QED) is 0.00978. The molecular formula is C55H56Cl3Fm2N6O22PS2. The number of H-pyrrole nitrogens is 1. The minimum Gasteiger partial charge on any atom is -0.481 e. The third-order valence-corrected chi connectivity index (χ3v) is 17.1. The Bertz CT molecular complexity index is 3550. The van der Waals surface area contributed by atoms with E-state index in [2.05, 4.69) is 32.2 Å². The number of hydrogen-bond donors (Lipinski definition) is 7. The smallest absolute Gasteiger partial charge is 0.481 e. The van der Waals surface area contributed by atoms with Crippen molar-refractivity contribution in [2.45, 2.75) is 96.5 Å². The maximum Gasteiger partial charge on any atom is 0.530 e. The molecule has 28 nitrogen and oxygen atoms in total. The average molecular weight is 1870 g/mol. The van der Waals surface area contributed by atoms with E-state index in [1.54, 1.807) is 6.07 Å². The van der Waals surface area contributed by atoms with Crippen molar-refractivity contribution in [1.82, 2.24) is 15.3 Å². The van der Waals surface area contributed by atoms with Crippen molar-refractivity contribution in [2.24, 2.45) is 5.73 Å². The van der Waals surface area contributed by atoms with Crippen LogP contribution in [0.2, 0.25) is 0 Å². The first kappa shape index (κ1) is 71.9. The van der Waals surface area contributed by atoms with Crippen LogP contribution in [0, 0.1) is 0 Å². The zero-order valence-electron chi connectivity index (χ0n) is 47.0. The van der Waals surface area contributed by atoms with Crippen LogP contribution in [-0.4, -0.2) is 134 Å². The summed E-state index contributed by atoms with van der Waals surface area (Å²) in [5, 5.41) is 29.0. The molecule has 2 aliphatic heterocycles. The number of ether oxygens (including phenoxy) is 5. The van der Waals surface area contributed by atoms with Crippen LogP contribution in [0.25, 0.3) is 11.1 Å². The minimum absolute atomic E-state index is 0. The fraction of sp³-hybridized carbons (Fsp3) is 0.364. The Hall–Kier alpha value is -9.80. The van der Waals surface area contributed by atoms with Gasteiger partial charge in [0.05, 0.1) is 30.9 Å². The molecule has 1 saturated heterocycles. The molecule has 1 fully saturated rings. The molecule has 4 heterocycles. The fourth-order valence-corrected chi connectivity index (χ4v) is 12.5. The fourth-order valence-electron chi connectivity index (χ4n) is 8.80. The van der Waals surface area contributed by atoms with Gasteiger partial charge in [0.15, 0.2) is 5.82 Å². The Morgan fingerprint density at radius 2 is 1.48 bits per heavy atom. The van der Waals surface area contributed by atoms with E-state index in [-0.39, 0.29) is 90.0 Å². The second-order valence-electron chi connectivity index (χ2n) is 19.4. The Morgan fingerprint density at radius 1 is 0.824 bits per heavy atom. The van der Waals surface area contributed by atoms with E-state index in [0.717, 1.165) is 55.1 Å². The number of nitrogens with zero attached hydrogens (tertiary/aromatic N) is 2. The standard InChI is InChI=1S/C35H38N5O18PS2.C20H18Cl3NO4.2Fm/c36-34-38-29-28(31(47)39-34)61-20(4-3-19-5-8-24(60-19)30(46)37-22(32(48)49)6-9-25(41)42)15-40(29)35(51)53-16-18-2-7-23(58-59(52)56-12-1-13-57-59)21(14-18)33(50)55-17-54-27(45)11-10-26(43)44;21-20(22,23)28-18(25)10-9-17(24)19(26)27-11-16-14-7-3-1-5-12(14)13-6-2-4-8-15(13)16;;/h2,5,7-8,14,20,22H,1,3-4,6,9-13,15-17H2,(H,37,46)(H,41,42)(H,43,44)(H,48,49)(H3,36,38,39,47);1-8,16-17H,9-11,24H2;;. The summed E-state index contributed by atoms with van der Waals surface area (Å²) in [6.45, 7) is -1.14. The van der Waals surface area contributed by atoms with E-state index in [1.165, 1.54) is 24.3 Å². The number of rotatable bonds is 25. The number of phosphoric ester groups is 1. The summed E-state index contributed by atoms with van der Waals surface area (Å²) in [4.78, 5) is 130. The largest absolute Gasteiger partial charge is 0.530 e. The predicted octanol–water partition coefficient (Wildman–Crippen LogP) is 7.48. The van der Waals surface area contributed by atoms with Gasteiger partial charge in [0.25, 0.3) is 11.5 Å². The number of amides is 2. The Morgan fingerprint density at radius 3 is 2.12 bits per heavy atom. The zero-order valence-corrected chi connectivity index (χ0v) is 56.6. The molecule has 2 amide bonds. The summed E-state index contributed by atoms with van der Waals surface area (Å²) < 4.78 is 52.0. The second-order valence-corrected chi connectivity index (χ2v) is 25.6. The minimum atomic E-state index is -4.16. The number of carboxylic acids is 3. The molecule has 5 aromatic rings. The first-order chi connectivity index (χ1) is 42.3. The molecule has 91 heavy (non-hydrogen) atoms. The molecule has 500 valence electrons. The molecule has 8 rings (SSSR count). The van der Waals surface area contributed by atoms with Crippen LogP contribution in [0.5, 0.6) is 5.75 Å². The number of aromatic nitrogens is 2. The number of alkyl halides is 3. The summed E-state index contributed by atoms with van der Waals surface area (Å²) in [6.07, 6.45) is -1.68. The SMILES string of the molecule is NC(CCC(=O)OC(Cl)(Cl)Cl)C(=O)OCC1c2ccccc2-c2ccccc21.Nc1nc2c(c(=O)[nH]1)SC(CCc1ccc(C(=O)NC(CCC(=O)O)C(=O)O)s1)CN2C(=O)OCc1ccc(OP2(=O)OCCCO2)c(C(=O)OCOC(=O)CCC(=O)O)c1.[Fm].[Fm]. The van der Waals surface area contributed by atoms with Crippen LogP contribution in [0.15, 0.2) is 88.6 Å². The van der Waals surface area contributed by atoms with Crippen LogP contribution < -0.4 is 31.8 Å². The van der Waals surface area contributed by atoms with E-state index in [0.29, 0.717) is 19.3 Å². The summed E-state index contributed by atoms with van der Waals surface area (Å²) in [5.74, 6) is -8.68. The predicted molar refractivity (Wildman–Crippen MR) is 318 cm³/mol. The van der Waals surface area contributed by atoms with Crippen molar-refractivity contribution in [2.75, 3.05) is 43.8 Å². The third-order valence-electron chi connectivity index (χ3n) is 13.0. The molecule has 3 aromatic carbocycles. The number of nitrogen functional groups attached to an aromatic ring is 1. The van der Waals surface area contributed by atoms with Gasteiger partial charge in [0.1, 0.15) is 41.5 Å². The number of carbonyl (C=O) groups excluding carboxylic acids is 6. The number of halogens is 3. The van der Waals surface area contributed by atoms with Gasteiger partial charge in [0, 0.05) is 35.4 Å². The van der Waals surface area contributed by atoms with E-state index in [9.17, 15) is 57.6 Å². The van der Waals surface area contributed by atoms with E-state index >= 15 is 0 Å². The Labute approximate surface area is 528 Å².